The second-order valence-corrected chi connectivity index (χ2v) is 6.51. The summed E-state index contributed by atoms with van der Waals surface area (Å²) in [5.41, 5.74) is 2.80. The van der Waals surface area contributed by atoms with Crippen LogP contribution in [0.5, 0.6) is 5.75 Å². The fourth-order valence-corrected chi connectivity index (χ4v) is 3.11. The minimum atomic E-state index is -0.341. The third-order valence-corrected chi connectivity index (χ3v) is 4.63. The summed E-state index contributed by atoms with van der Waals surface area (Å²) in [5.74, 6) is 0.0802. The van der Waals surface area contributed by atoms with Gasteiger partial charge in [-0.15, -0.1) is 0 Å². The van der Waals surface area contributed by atoms with Gasteiger partial charge in [-0.05, 0) is 48.0 Å². The molecule has 0 spiro atoms. The molecule has 0 saturated carbocycles. The Labute approximate surface area is 162 Å². The molecular formula is C23H19FN2O2. The fraction of sp³-hybridized carbons (Fsp3) is 0.0870. The largest absolute Gasteiger partial charge is 0.489 e. The van der Waals surface area contributed by atoms with E-state index in [2.05, 4.69) is 5.32 Å². The fourth-order valence-electron chi connectivity index (χ4n) is 3.11. The lowest BCUT2D eigenvalue weighted by atomic mass is 10.2. The molecule has 0 aliphatic rings. The molecule has 0 radical (unpaired) electrons. The smallest absolute Gasteiger partial charge is 0.272 e. The van der Waals surface area contributed by atoms with Crippen molar-refractivity contribution in [3.05, 3.63) is 95.9 Å². The number of hydrogen-bond acceptors (Lipinski definition) is 2. The number of amides is 1. The lowest BCUT2D eigenvalue weighted by Gasteiger charge is -2.09. The van der Waals surface area contributed by atoms with E-state index in [0.717, 1.165) is 5.56 Å². The van der Waals surface area contributed by atoms with Crippen LogP contribution in [0.25, 0.3) is 10.9 Å². The number of nitrogens with zero attached hydrogens (tertiary/aromatic N) is 1. The van der Waals surface area contributed by atoms with E-state index in [9.17, 15) is 9.18 Å². The molecule has 0 aliphatic carbocycles. The molecule has 0 saturated heterocycles. The Balaban J connectivity index is 1.45. The van der Waals surface area contributed by atoms with E-state index in [0.29, 0.717) is 34.6 Å². The number of fused-ring (bicyclic) bond motifs is 1. The van der Waals surface area contributed by atoms with Gasteiger partial charge in [-0.2, -0.15) is 0 Å². The number of benzene rings is 3. The Bertz CT molecular complexity index is 1120. The van der Waals surface area contributed by atoms with E-state index in [1.165, 1.54) is 6.07 Å². The van der Waals surface area contributed by atoms with Gasteiger partial charge < -0.3 is 14.6 Å². The van der Waals surface area contributed by atoms with Crippen molar-refractivity contribution < 1.29 is 13.9 Å². The van der Waals surface area contributed by atoms with Crippen molar-refractivity contribution in [3.8, 4) is 5.75 Å². The molecule has 140 valence electrons. The number of carbonyl (C=O) groups excluding carboxylic acids is 1. The summed E-state index contributed by atoms with van der Waals surface area (Å²) in [5, 5.41) is 3.27. The summed E-state index contributed by atoms with van der Waals surface area (Å²) in [6.07, 6.45) is 0. The molecule has 0 fully saturated rings. The second-order valence-electron chi connectivity index (χ2n) is 6.51. The van der Waals surface area contributed by atoms with E-state index < -0.39 is 0 Å². The summed E-state index contributed by atoms with van der Waals surface area (Å²) in [6, 6.07) is 23.4. The number of carbonyl (C=O) groups is 1. The predicted molar refractivity (Wildman–Crippen MR) is 108 cm³/mol. The molecule has 1 heterocycles. The number of halogens is 1. The van der Waals surface area contributed by atoms with E-state index >= 15 is 0 Å². The zero-order valence-electron chi connectivity index (χ0n) is 15.4. The maximum Gasteiger partial charge on any atom is 0.272 e. The standard InChI is InChI=1S/C23H19FN2O2/c1-26-21-9-5-8-20(24)19(21)14-22(26)23(27)25-17-10-12-18(13-11-17)28-15-16-6-3-2-4-7-16/h2-14H,15H2,1H3,(H,25,27). The quantitative estimate of drug-likeness (QED) is 0.525. The van der Waals surface area contributed by atoms with Gasteiger partial charge in [0.1, 0.15) is 23.9 Å². The van der Waals surface area contributed by atoms with Crippen LogP contribution >= 0.6 is 0 Å². The zero-order valence-corrected chi connectivity index (χ0v) is 15.4. The third kappa shape index (κ3) is 3.60. The van der Waals surface area contributed by atoms with Gasteiger partial charge in [-0.1, -0.05) is 36.4 Å². The van der Waals surface area contributed by atoms with E-state index in [4.69, 9.17) is 4.74 Å². The van der Waals surface area contributed by atoms with Crippen LogP contribution in [0.15, 0.2) is 78.9 Å². The van der Waals surface area contributed by atoms with Crippen molar-refractivity contribution in [2.45, 2.75) is 6.61 Å². The third-order valence-electron chi connectivity index (χ3n) is 4.63. The van der Waals surface area contributed by atoms with Gasteiger partial charge in [0.15, 0.2) is 0 Å². The number of hydrogen-bond donors (Lipinski definition) is 1. The predicted octanol–water partition coefficient (Wildman–Crippen LogP) is 5.15. The number of rotatable bonds is 5. The van der Waals surface area contributed by atoms with Gasteiger partial charge in [-0.3, -0.25) is 4.79 Å². The first-order valence-electron chi connectivity index (χ1n) is 8.94. The summed E-state index contributed by atoms with van der Waals surface area (Å²) in [7, 11) is 1.75. The maximum absolute atomic E-state index is 14.0. The highest BCUT2D eigenvalue weighted by Gasteiger charge is 2.15. The molecule has 1 amide bonds. The van der Waals surface area contributed by atoms with Crippen LogP contribution in [0.4, 0.5) is 10.1 Å². The van der Waals surface area contributed by atoms with Crippen molar-refractivity contribution in [1.29, 1.82) is 0 Å². The molecule has 0 bridgehead atoms. The molecule has 1 aromatic heterocycles. The Hall–Kier alpha value is -3.60. The highest BCUT2D eigenvalue weighted by atomic mass is 19.1. The number of ether oxygens (including phenoxy) is 1. The summed E-state index contributed by atoms with van der Waals surface area (Å²) in [6.45, 7) is 0.480. The Morgan fingerprint density at radius 3 is 2.46 bits per heavy atom. The highest BCUT2D eigenvalue weighted by molar-refractivity contribution is 6.06. The van der Waals surface area contributed by atoms with E-state index in [1.807, 2.05) is 30.3 Å². The average molecular weight is 374 g/mol. The minimum absolute atomic E-state index is 0.295. The first-order chi connectivity index (χ1) is 13.6. The van der Waals surface area contributed by atoms with Crippen LogP contribution < -0.4 is 10.1 Å². The SMILES string of the molecule is Cn1c(C(=O)Nc2ccc(OCc3ccccc3)cc2)cc2c(F)cccc21. The van der Waals surface area contributed by atoms with Gasteiger partial charge in [0.2, 0.25) is 0 Å². The van der Waals surface area contributed by atoms with Crippen molar-refractivity contribution in [1.82, 2.24) is 4.57 Å². The molecule has 0 unspecified atom stereocenters. The molecule has 28 heavy (non-hydrogen) atoms. The zero-order chi connectivity index (χ0) is 19.5. The first kappa shape index (κ1) is 17.8. The molecular weight excluding hydrogens is 355 g/mol. The van der Waals surface area contributed by atoms with Gasteiger partial charge in [0, 0.05) is 18.1 Å². The molecule has 0 atom stereocenters. The Morgan fingerprint density at radius 2 is 1.75 bits per heavy atom. The van der Waals surface area contributed by atoms with Crippen LogP contribution in [0.3, 0.4) is 0 Å². The molecule has 1 N–H and O–H groups in total. The molecule has 4 aromatic rings. The summed E-state index contributed by atoms with van der Waals surface area (Å²) < 4.78 is 21.4. The molecule has 0 aliphatic heterocycles. The lowest BCUT2D eigenvalue weighted by Crippen LogP contribution is -2.15. The van der Waals surface area contributed by atoms with Gasteiger partial charge in [0.25, 0.3) is 5.91 Å². The lowest BCUT2D eigenvalue weighted by molar-refractivity contribution is 0.101. The van der Waals surface area contributed by atoms with Crippen molar-refractivity contribution in [2.75, 3.05) is 5.32 Å². The molecule has 5 heteroatoms. The summed E-state index contributed by atoms with van der Waals surface area (Å²) >= 11 is 0. The minimum Gasteiger partial charge on any atom is -0.489 e. The maximum atomic E-state index is 14.0. The van der Waals surface area contributed by atoms with Crippen LogP contribution in [-0.2, 0) is 13.7 Å². The van der Waals surface area contributed by atoms with Crippen molar-refractivity contribution >= 4 is 22.5 Å². The Kier molecular flexibility index (Phi) is 4.81. The Morgan fingerprint density at radius 1 is 1.00 bits per heavy atom. The normalized spacial score (nSPS) is 10.8. The first-order valence-corrected chi connectivity index (χ1v) is 8.94. The van der Waals surface area contributed by atoms with Gasteiger partial charge >= 0.3 is 0 Å². The number of anilines is 1. The monoisotopic (exact) mass is 374 g/mol. The summed E-state index contributed by atoms with van der Waals surface area (Å²) in [4.78, 5) is 12.6. The van der Waals surface area contributed by atoms with Crippen LogP contribution in [0.1, 0.15) is 16.1 Å². The number of nitrogens with one attached hydrogen (secondary N) is 1. The van der Waals surface area contributed by atoms with Crippen LogP contribution in [0.2, 0.25) is 0 Å². The van der Waals surface area contributed by atoms with E-state index in [1.54, 1.807) is 54.1 Å². The highest BCUT2D eigenvalue weighted by Crippen LogP contribution is 2.23. The van der Waals surface area contributed by atoms with Gasteiger partial charge in [-0.25, -0.2) is 4.39 Å². The van der Waals surface area contributed by atoms with Crippen molar-refractivity contribution in [2.24, 2.45) is 7.05 Å². The van der Waals surface area contributed by atoms with Gasteiger partial charge in [0.05, 0.1) is 5.52 Å². The van der Waals surface area contributed by atoms with Crippen LogP contribution in [0, 0.1) is 5.82 Å². The average Bonchev–Trinajstić information content (AvgIpc) is 3.06. The molecule has 4 rings (SSSR count). The van der Waals surface area contributed by atoms with Crippen molar-refractivity contribution in [3.63, 3.8) is 0 Å². The van der Waals surface area contributed by atoms with E-state index in [-0.39, 0.29) is 11.7 Å². The topological polar surface area (TPSA) is 43.3 Å². The number of aromatic nitrogens is 1. The molecule has 3 aromatic carbocycles. The van der Waals surface area contributed by atoms with Crippen LogP contribution in [-0.4, -0.2) is 10.5 Å². The molecule has 4 nitrogen and oxygen atoms in total. The second kappa shape index (κ2) is 7.56. The number of aryl methyl sites for hydroxylation is 1.